The molecular weight excluding hydrogens is 411 g/mol. The number of pyridine rings is 1. The lowest BCUT2D eigenvalue weighted by Gasteiger charge is -2.55. The van der Waals surface area contributed by atoms with Crippen molar-refractivity contribution in [2.45, 2.75) is 31.5 Å². The van der Waals surface area contributed by atoms with E-state index in [9.17, 15) is 28.2 Å². The third-order valence-electron chi connectivity index (χ3n) is 6.47. The Morgan fingerprint density at radius 1 is 1.03 bits per heavy atom. The minimum atomic E-state index is -4.49. The molecule has 9 heteroatoms. The number of hydrogen-bond acceptors (Lipinski definition) is 4. The standard InChI is InChI=1S/C22H24F3N3O3/c1-20(13-28(14-20)19(29)30)21(31,15-4-6-16(7-5-15)22(23,24)25)17-10-18(12-26-11-17)27-8-2-3-9-27/h4-7,10-12,31H,2-3,8-9,13-14H2,1H3,(H,29,30). The van der Waals surface area contributed by atoms with Crippen LogP contribution in [0.1, 0.15) is 36.5 Å². The van der Waals surface area contributed by atoms with Gasteiger partial charge in [0.2, 0.25) is 0 Å². The predicted octanol–water partition coefficient (Wildman–Crippen LogP) is 3.94. The molecule has 2 aromatic rings. The highest BCUT2D eigenvalue weighted by Crippen LogP contribution is 2.51. The Hall–Kier alpha value is -2.81. The van der Waals surface area contributed by atoms with Crippen molar-refractivity contribution in [3.05, 3.63) is 59.4 Å². The summed E-state index contributed by atoms with van der Waals surface area (Å²) >= 11 is 0. The molecule has 4 rings (SSSR count). The Morgan fingerprint density at radius 2 is 1.61 bits per heavy atom. The molecule has 0 bridgehead atoms. The summed E-state index contributed by atoms with van der Waals surface area (Å²) in [5.74, 6) is 0. The van der Waals surface area contributed by atoms with E-state index < -0.39 is 28.8 Å². The van der Waals surface area contributed by atoms with Crippen molar-refractivity contribution in [2.24, 2.45) is 5.41 Å². The molecule has 2 aliphatic rings. The van der Waals surface area contributed by atoms with Crippen molar-refractivity contribution >= 4 is 11.8 Å². The summed E-state index contributed by atoms with van der Waals surface area (Å²) in [7, 11) is 0. The summed E-state index contributed by atoms with van der Waals surface area (Å²) in [6.07, 6.45) is -0.275. The van der Waals surface area contributed by atoms with Crippen molar-refractivity contribution < 1.29 is 28.2 Å². The number of aliphatic hydroxyl groups is 1. The molecule has 1 aromatic carbocycles. The number of alkyl halides is 3. The number of carbonyl (C=O) groups is 1. The number of nitrogens with zero attached hydrogens (tertiary/aromatic N) is 3. The molecule has 0 saturated carbocycles. The van der Waals surface area contributed by atoms with E-state index in [1.54, 1.807) is 13.1 Å². The van der Waals surface area contributed by atoms with E-state index in [1.165, 1.54) is 23.2 Å². The Bertz CT molecular complexity index is 968. The average Bonchev–Trinajstić information content (AvgIpc) is 3.25. The van der Waals surface area contributed by atoms with Gasteiger partial charge < -0.3 is 20.0 Å². The number of carboxylic acid groups (broad SMARTS) is 1. The van der Waals surface area contributed by atoms with Crippen molar-refractivity contribution in [3.63, 3.8) is 0 Å². The molecule has 2 saturated heterocycles. The lowest BCUT2D eigenvalue weighted by atomic mass is 9.62. The number of hydrogen-bond donors (Lipinski definition) is 2. The SMILES string of the molecule is CC1(C(O)(c2ccc(C(F)(F)F)cc2)c2cncc(N3CCCC3)c2)CN(C(=O)O)C1. The predicted molar refractivity (Wildman–Crippen MR) is 108 cm³/mol. The highest BCUT2D eigenvalue weighted by Gasteiger charge is 2.57. The van der Waals surface area contributed by atoms with E-state index in [1.807, 2.05) is 6.07 Å². The lowest BCUT2D eigenvalue weighted by molar-refractivity contribution is -0.138. The Balaban J connectivity index is 1.79. The topological polar surface area (TPSA) is 76.9 Å². The molecule has 1 amide bonds. The van der Waals surface area contributed by atoms with Gasteiger partial charge in [-0.1, -0.05) is 19.1 Å². The van der Waals surface area contributed by atoms with Crippen LogP contribution in [0.4, 0.5) is 23.7 Å². The fourth-order valence-corrected chi connectivity index (χ4v) is 4.70. The molecule has 0 radical (unpaired) electrons. The molecule has 0 aliphatic carbocycles. The molecule has 1 aromatic heterocycles. The molecule has 31 heavy (non-hydrogen) atoms. The van der Waals surface area contributed by atoms with Crippen LogP contribution in [0.15, 0.2) is 42.7 Å². The van der Waals surface area contributed by atoms with Crippen LogP contribution in [0.2, 0.25) is 0 Å². The van der Waals surface area contributed by atoms with Gasteiger partial charge in [0.15, 0.2) is 0 Å². The van der Waals surface area contributed by atoms with Crippen LogP contribution in [-0.2, 0) is 11.8 Å². The first-order valence-electron chi connectivity index (χ1n) is 10.1. The molecule has 166 valence electrons. The Kier molecular flexibility index (Phi) is 5.12. The second-order valence-electron chi connectivity index (χ2n) is 8.61. The maximum atomic E-state index is 13.1. The first-order chi connectivity index (χ1) is 14.5. The van der Waals surface area contributed by atoms with Crippen molar-refractivity contribution in [1.29, 1.82) is 0 Å². The first kappa shape index (κ1) is 21.4. The van der Waals surface area contributed by atoms with Gasteiger partial charge >= 0.3 is 12.3 Å². The normalized spacial score (nSPS) is 20.3. The van der Waals surface area contributed by atoms with Gasteiger partial charge in [0.1, 0.15) is 5.60 Å². The van der Waals surface area contributed by atoms with Crippen molar-refractivity contribution in [2.75, 3.05) is 31.1 Å². The molecular formula is C22H24F3N3O3. The summed E-state index contributed by atoms with van der Waals surface area (Å²) in [4.78, 5) is 19.0. The molecule has 1 atom stereocenters. The van der Waals surface area contributed by atoms with Crippen molar-refractivity contribution in [1.82, 2.24) is 9.88 Å². The molecule has 2 N–H and O–H groups in total. The average molecular weight is 435 g/mol. The summed E-state index contributed by atoms with van der Waals surface area (Å²) < 4.78 is 39.2. The zero-order valence-corrected chi connectivity index (χ0v) is 17.1. The molecule has 6 nitrogen and oxygen atoms in total. The number of likely N-dealkylation sites (tertiary alicyclic amines) is 1. The number of halogens is 3. The zero-order valence-electron chi connectivity index (χ0n) is 17.1. The Labute approximate surface area is 177 Å². The van der Waals surface area contributed by atoms with Gasteiger partial charge in [-0.15, -0.1) is 0 Å². The minimum Gasteiger partial charge on any atom is -0.465 e. The molecule has 2 aliphatic heterocycles. The molecule has 1 unspecified atom stereocenters. The second kappa shape index (κ2) is 7.40. The van der Waals surface area contributed by atoms with Crippen LogP contribution in [0.25, 0.3) is 0 Å². The fraction of sp³-hybridized carbons (Fsp3) is 0.455. The monoisotopic (exact) mass is 435 g/mol. The lowest BCUT2D eigenvalue weighted by Crippen LogP contribution is -2.66. The smallest absolute Gasteiger partial charge is 0.416 e. The van der Waals surface area contributed by atoms with Gasteiger partial charge in [0.05, 0.1) is 17.4 Å². The van der Waals surface area contributed by atoms with Crippen LogP contribution in [0.3, 0.4) is 0 Å². The number of benzene rings is 1. The van der Waals surface area contributed by atoms with Gasteiger partial charge in [-0.25, -0.2) is 4.79 Å². The van der Waals surface area contributed by atoms with Crippen LogP contribution in [0.5, 0.6) is 0 Å². The molecule has 2 fully saturated rings. The van der Waals surface area contributed by atoms with Gasteiger partial charge in [-0.2, -0.15) is 13.2 Å². The van der Waals surface area contributed by atoms with Crippen molar-refractivity contribution in [3.8, 4) is 0 Å². The third kappa shape index (κ3) is 3.60. The highest BCUT2D eigenvalue weighted by atomic mass is 19.4. The van der Waals surface area contributed by atoms with Gasteiger partial charge in [0, 0.05) is 43.4 Å². The third-order valence-corrected chi connectivity index (χ3v) is 6.47. The quantitative estimate of drug-likeness (QED) is 0.761. The maximum absolute atomic E-state index is 13.1. The largest absolute Gasteiger partial charge is 0.465 e. The fourth-order valence-electron chi connectivity index (χ4n) is 4.70. The Morgan fingerprint density at radius 3 is 2.16 bits per heavy atom. The van der Waals surface area contributed by atoms with E-state index >= 15 is 0 Å². The summed E-state index contributed by atoms with van der Waals surface area (Å²) in [5.41, 5.74) is -1.92. The first-order valence-corrected chi connectivity index (χ1v) is 10.1. The minimum absolute atomic E-state index is 0.0494. The van der Waals surface area contributed by atoms with E-state index in [-0.39, 0.29) is 18.7 Å². The number of aromatic nitrogens is 1. The molecule has 3 heterocycles. The van der Waals surface area contributed by atoms with Crippen LogP contribution in [0, 0.1) is 5.41 Å². The summed E-state index contributed by atoms with van der Waals surface area (Å²) in [6, 6.07) is 6.22. The number of rotatable bonds is 4. The maximum Gasteiger partial charge on any atom is 0.416 e. The van der Waals surface area contributed by atoms with E-state index in [0.29, 0.717) is 5.56 Å². The van der Waals surface area contributed by atoms with Gasteiger partial charge in [-0.3, -0.25) is 4.98 Å². The summed E-state index contributed by atoms with van der Waals surface area (Å²) in [5, 5.41) is 21.3. The van der Waals surface area contributed by atoms with Crippen LogP contribution >= 0.6 is 0 Å². The highest BCUT2D eigenvalue weighted by molar-refractivity contribution is 5.67. The summed E-state index contributed by atoms with van der Waals surface area (Å²) in [6.45, 7) is 3.58. The zero-order chi connectivity index (χ0) is 22.4. The van der Waals surface area contributed by atoms with E-state index in [0.717, 1.165) is 43.8 Å². The number of amides is 1. The molecule has 0 spiro atoms. The number of anilines is 1. The van der Waals surface area contributed by atoms with E-state index in [4.69, 9.17) is 0 Å². The van der Waals surface area contributed by atoms with Crippen LogP contribution < -0.4 is 4.90 Å². The van der Waals surface area contributed by atoms with Crippen LogP contribution in [-0.4, -0.2) is 52.4 Å². The van der Waals surface area contributed by atoms with E-state index in [2.05, 4.69) is 9.88 Å². The van der Waals surface area contributed by atoms with Gasteiger partial charge in [0.25, 0.3) is 0 Å². The second-order valence-corrected chi connectivity index (χ2v) is 8.61. The van der Waals surface area contributed by atoms with Gasteiger partial charge in [-0.05, 0) is 36.6 Å².